The Balaban J connectivity index is 2.88. The highest BCUT2D eigenvalue weighted by atomic mass is 79.9. The molecular weight excluding hydrogens is 302 g/mol. The summed E-state index contributed by atoms with van der Waals surface area (Å²) in [7, 11) is 0. The Morgan fingerprint density at radius 1 is 1.53 bits per heavy atom. The van der Waals surface area contributed by atoms with Gasteiger partial charge in [0.2, 0.25) is 0 Å². The lowest BCUT2D eigenvalue weighted by atomic mass is 10.2. The second-order valence-electron chi connectivity index (χ2n) is 3.29. The smallest absolute Gasteiger partial charge is 0.293 e. The molecule has 0 bridgehead atoms. The maximum atomic E-state index is 12.8. The predicted octanol–water partition coefficient (Wildman–Crippen LogP) is 2.40. The van der Waals surface area contributed by atoms with Crippen LogP contribution in [0.2, 0.25) is 0 Å². The van der Waals surface area contributed by atoms with Crippen LogP contribution in [0.25, 0.3) is 0 Å². The van der Waals surface area contributed by atoms with Gasteiger partial charge >= 0.3 is 0 Å². The lowest BCUT2D eigenvalue weighted by Crippen LogP contribution is -2.31. The Labute approximate surface area is 104 Å². The van der Waals surface area contributed by atoms with Gasteiger partial charge < -0.3 is 10.4 Å². The number of anilines is 1. The summed E-state index contributed by atoms with van der Waals surface area (Å²) in [5.74, 6) is -3.32. The average molecular weight is 311 g/mol. The second kappa shape index (κ2) is 5.37. The van der Waals surface area contributed by atoms with Crippen molar-refractivity contribution in [2.24, 2.45) is 0 Å². The van der Waals surface area contributed by atoms with E-state index in [-0.39, 0.29) is 11.4 Å². The van der Waals surface area contributed by atoms with Crippen LogP contribution >= 0.6 is 15.9 Å². The zero-order valence-electron chi connectivity index (χ0n) is 8.49. The molecule has 8 heteroatoms. The van der Waals surface area contributed by atoms with Gasteiger partial charge in [-0.25, -0.2) is 8.78 Å². The molecule has 17 heavy (non-hydrogen) atoms. The summed E-state index contributed by atoms with van der Waals surface area (Å²) in [6.07, 6.45) is 0. The molecule has 0 aliphatic rings. The summed E-state index contributed by atoms with van der Waals surface area (Å²) >= 11 is 3.05. The van der Waals surface area contributed by atoms with E-state index in [1.165, 1.54) is 18.2 Å². The first kappa shape index (κ1) is 13.8. The lowest BCUT2D eigenvalue weighted by Gasteiger charge is -2.14. The van der Waals surface area contributed by atoms with Crippen molar-refractivity contribution >= 4 is 27.3 Å². The molecule has 1 aromatic carbocycles. The van der Waals surface area contributed by atoms with Crippen LogP contribution in [0.3, 0.4) is 0 Å². The summed E-state index contributed by atoms with van der Waals surface area (Å²) in [5, 5.41) is 21.3. The third kappa shape index (κ3) is 3.90. The van der Waals surface area contributed by atoms with E-state index in [2.05, 4.69) is 21.2 Å². The Kier molecular flexibility index (Phi) is 4.35. The van der Waals surface area contributed by atoms with Crippen molar-refractivity contribution in [3.63, 3.8) is 0 Å². The molecule has 0 fully saturated rings. The van der Waals surface area contributed by atoms with Crippen molar-refractivity contribution in [3.05, 3.63) is 32.8 Å². The number of hydrogen-bond acceptors (Lipinski definition) is 4. The van der Waals surface area contributed by atoms with E-state index in [1.807, 2.05) is 0 Å². The van der Waals surface area contributed by atoms with Crippen molar-refractivity contribution in [1.29, 1.82) is 0 Å². The molecule has 0 aliphatic heterocycles. The predicted molar refractivity (Wildman–Crippen MR) is 61.3 cm³/mol. The maximum Gasteiger partial charge on any atom is 0.293 e. The fourth-order valence-corrected chi connectivity index (χ4v) is 1.43. The van der Waals surface area contributed by atoms with E-state index in [4.69, 9.17) is 5.11 Å². The molecule has 0 unspecified atom stereocenters. The SMILES string of the molecule is O=[N+]([O-])c1cc(Br)ccc1NCC(F)(F)CO. The summed E-state index contributed by atoms with van der Waals surface area (Å²) in [4.78, 5) is 10.00. The average Bonchev–Trinajstić information content (AvgIpc) is 2.27. The summed E-state index contributed by atoms with van der Waals surface area (Å²) in [5.41, 5.74) is -0.334. The molecule has 0 aliphatic carbocycles. The number of aliphatic hydroxyl groups excluding tert-OH is 1. The summed E-state index contributed by atoms with van der Waals surface area (Å²) in [6, 6.07) is 4.02. The van der Waals surface area contributed by atoms with Gasteiger partial charge in [0.05, 0.1) is 11.5 Å². The van der Waals surface area contributed by atoms with Gasteiger partial charge in [-0.15, -0.1) is 0 Å². The molecule has 1 rings (SSSR count). The summed E-state index contributed by atoms with van der Waals surface area (Å²) in [6.45, 7) is -2.18. The van der Waals surface area contributed by atoms with Crippen LogP contribution in [0.4, 0.5) is 20.2 Å². The number of hydrogen-bond donors (Lipinski definition) is 2. The van der Waals surface area contributed by atoms with Gasteiger partial charge in [0.15, 0.2) is 0 Å². The molecule has 1 aromatic rings. The standard InChI is InChI=1S/C9H9BrF2N2O3/c10-6-1-2-7(8(3-6)14(16)17)13-4-9(11,12)5-15/h1-3,13,15H,4-5H2. The Bertz CT molecular complexity index is 429. The number of nitrogens with one attached hydrogen (secondary N) is 1. The molecule has 0 aromatic heterocycles. The minimum Gasteiger partial charge on any atom is -0.390 e. The van der Waals surface area contributed by atoms with Gasteiger partial charge in [0.1, 0.15) is 12.3 Å². The maximum absolute atomic E-state index is 12.8. The molecule has 0 spiro atoms. The fourth-order valence-electron chi connectivity index (χ4n) is 1.09. The highest BCUT2D eigenvalue weighted by Crippen LogP contribution is 2.28. The third-order valence-corrected chi connectivity index (χ3v) is 2.42. The number of nitrogens with zero attached hydrogens (tertiary/aromatic N) is 1. The first-order chi connectivity index (χ1) is 7.85. The van der Waals surface area contributed by atoms with Gasteiger partial charge in [0.25, 0.3) is 11.6 Å². The van der Waals surface area contributed by atoms with E-state index in [1.54, 1.807) is 0 Å². The van der Waals surface area contributed by atoms with Crippen LogP contribution in [-0.4, -0.2) is 29.1 Å². The molecule has 0 saturated carbocycles. The minimum atomic E-state index is -3.32. The van der Waals surface area contributed by atoms with Gasteiger partial charge in [-0.1, -0.05) is 15.9 Å². The quantitative estimate of drug-likeness (QED) is 0.647. The van der Waals surface area contributed by atoms with Crippen LogP contribution in [0.15, 0.2) is 22.7 Å². The van der Waals surface area contributed by atoms with Gasteiger partial charge in [0, 0.05) is 10.5 Å². The van der Waals surface area contributed by atoms with Crippen LogP contribution in [0, 0.1) is 10.1 Å². The van der Waals surface area contributed by atoms with Crippen LogP contribution in [-0.2, 0) is 0 Å². The number of aliphatic hydroxyl groups is 1. The van der Waals surface area contributed by atoms with Crippen LogP contribution in [0.1, 0.15) is 0 Å². The number of nitro benzene ring substituents is 1. The third-order valence-electron chi connectivity index (χ3n) is 1.93. The molecule has 5 nitrogen and oxygen atoms in total. The van der Waals surface area contributed by atoms with Crippen LogP contribution < -0.4 is 5.32 Å². The van der Waals surface area contributed by atoms with Gasteiger partial charge in [-0.3, -0.25) is 10.1 Å². The normalized spacial score (nSPS) is 11.3. The first-order valence-corrected chi connectivity index (χ1v) is 5.31. The second-order valence-corrected chi connectivity index (χ2v) is 4.20. The van der Waals surface area contributed by atoms with Gasteiger partial charge in [-0.2, -0.15) is 0 Å². The van der Waals surface area contributed by atoms with Crippen LogP contribution in [0.5, 0.6) is 0 Å². The van der Waals surface area contributed by atoms with Crippen molar-refractivity contribution in [1.82, 2.24) is 0 Å². The Hall–Kier alpha value is -1.28. The fraction of sp³-hybridized carbons (Fsp3) is 0.333. The zero-order chi connectivity index (χ0) is 13.1. The molecule has 0 amide bonds. The summed E-state index contributed by atoms with van der Waals surface area (Å²) < 4.78 is 26.0. The van der Waals surface area contributed by atoms with Crippen molar-refractivity contribution in [3.8, 4) is 0 Å². The van der Waals surface area contributed by atoms with Gasteiger partial charge in [-0.05, 0) is 12.1 Å². The number of nitro groups is 1. The molecule has 94 valence electrons. The number of rotatable bonds is 5. The van der Waals surface area contributed by atoms with Crippen molar-refractivity contribution < 1.29 is 18.8 Å². The molecular formula is C9H9BrF2N2O3. The topological polar surface area (TPSA) is 75.4 Å². The number of halogens is 3. The number of alkyl halides is 2. The first-order valence-electron chi connectivity index (χ1n) is 4.52. The molecule has 0 heterocycles. The van der Waals surface area contributed by atoms with E-state index in [9.17, 15) is 18.9 Å². The lowest BCUT2D eigenvalue weighted by molar-refractivity contribution is -0.384. The number of benzene rings is 1. The minimum absolute atomic E-state index is 0.0219. The zero-order valence-corrected chi connectivity index (χ0v) is 10.1. The van der Waals surface area contributed by atoms with E-state index < -0.39 is 24.0 Å². The Morgan fingerprint density at radius 3 is 2.71 bits per heavy atom. The molecule has 2 N–H and O–H groups in total. The van der Waals surface area contributed by atoms with E-state index in [0.717, 1.165) is 0 Å². The van der Waals surface area contributed by atoms with Crippen molar-refractivity contribution in [2.45, 2.75) is 5.92 Å². The molecule has 0 saturated heterocycles. The molecule has 0 atom stereocenters. The largest absolute Gasteiger partial charge is 0.390 e. The molecule has 0 radical (unpaired) electrons. The van der Waals surface area contributed by atoms with Crippen molar-refractivity contribution in [2.75, 3.05) is 18.5 Å². The van der Waals surface area contributed by atoms with E-state index in [0.29, 0.717) is 4.47 Å². The van der Waals surface area contributed by atoms with E-state index >= 15 is 0 Å². The highest BCUT2D eigenvalue weighted by molar-refractivity contribution is 9.10. The Morgan fingerprint density at radius 2 is 2.18 bits per heavy atom. The highest BCUT2D eigenvalue weighted by Gasteiger charge is 2.28. The monoisotopic (exact) mass is 310 g/mol.